The molecule has 2 aromatic carbocycles. The SMILES string of the molecule is CNS(=O)(=O)c1ccc(NC(=O)c2csc(-c3ccc(C(C)C)cc3)n2)cc1. The standard InChI is InChI=1S/C20H21N3O3S2/c1-13(2)14-4-6-15(7-5-14)20-23-18(12-27-20)19(24)22-16-8-10-17(11-9-16)28(25,26)21-3/h4-13,21H,1-3H3,(H,22,24). The summed E-state index contributed by atoms with van der Waals surface area (Å²) in [7, 11) is -2.16. The number of benzene rings is 2. The summed E-state index contributed by atoms with van der Waals surface area (Å²) in [5, 5.41) is 5.22. The van der Waals surface area contributed by atoms with E-state index in [-0.39, 0.29) is 10.8 Å². The molecule has 0 aliphatic heterocycles. The molecule has 1 amide bonds. The fourth-order valence-corrected chi connectivity index (χ4v) is 4.09. The number of carbonyl (C=O) groups excluding carboxylic acids is 1. The van der Waals surface area contributed by atoms with Crippen LogP contribution in [-0.2, 0) is 10.0 Å². The van der Waals surface area contributed by atoms with Crippen molar-refractivity contribution in [2.75, 3.05) is 12.4 Å². The van der Waals surface area contributed by atoms with Gasteiger partial charge in [-0.2, -0.15) is 0 Å². The van der Waals surface area contributed by atoms with Crippen molar-refractivity contribution in [3.8, 4) is 10.6 Å². The first-order valence-electron chi connectivity index (χ1n) is 8.71. The molecule has 0 aliphatic carbocycles. The lowest BCUT2D eigenvalue weighted by molar-refractivity contribution is 0.102. The van der Waals surface area contributed by atoms with E-state index in [1.165, 1.54) is 36.1 Å². The van der Waals surface area contributed by atoms with E-state index in [9.17, 15) is 13.2 Å². The van der Waals surface area contributed by atoms with Crippen molar-refractivity contribution in [1.29, 1.82) is 0 Å². The Kier molecular flexibility index (Phi) is 5.93. The lowest BCUT2D eigenvalue weighted by atomic mass is 10.0. The number of carbonyl (C=O) groups is 1. The molecule has 8 heteroatoms. The number of anilines is 1. The molecule has 3 rings (SSSR count). The predicted octanol–water partition coefficient (Wildman–Crippen LogP) is 4.09. The Morgan fingerprint density at radius 3 is 2.25 bits per heavy atom. The minimum absolute atomic E-state index is 0.133. The average molecular weight is 416 g/mol. The summed E-state index contributed by atoms with van der Waals surface area (Å²) in [5.74, 6) is 0.117. The zero-order chi connectivity index (χ0) is 20.3. The summed E-state index contributed by atoms with van der Waals surface area (Å²) in [6.07, 6.45) is 0. The fraction of sp³-hybridized carbons (Fsp3) is 0.200. The van der Waals surface area contributed by atoms with Crippen LogP contribution < -0.4 is 10.0 Å². The first-order valence-corrected chi connectivity index (χ1v) is 11.1. The van der Waals surface area contributed by atoms with Gasteiger partial charge in [0.15, 0.2) is 0 Å². The van der Waals surface area contributed by atoms with Gasteiger partial charge in [-0.1, -0.05) is 38.1 Å². The van der Waals surface area contributed by atoms with Gasteiger partial charge in [-0.25, -0.2) is 18.1 Å². The number of amides is 1. The van der Waals surface area contributed by atoms with Gasteiger partial charge in [0.2, 0.25) is 10.0 Å². The second kappa shape index (κ2) is 8.22. The lowest BCUT2D eigenvalue weighted by Crippen LogP contribution is -2.18. The van der Waals surface area contributed by atoms with E-state index in [4.69, 9.17) is 0 Å². The zero-order valence-corrected chi connectivity index (χ0v) is 17.4. The maximum Gasteiger partial charge on any atom is 0.275 e. The molecular formula is C20H21N3O3S2. The van der Waals surface area contributed by atoms with Crippen LogP contribution in [0.2, 0.25) is 0 Å². The third-order valence-electron chi connectivity index (χ3n) is 4.25. The number of aromatic nitrogens is 1. The summed E-state index contributed by atoms with van der Waals surface area (Å²) in [4.78, 5) is 17.0. The molecule has 146 valence electrons. The highest BCUT2D eigenvalue weighted by molar-refractivity contribution is 7.89. The van der Waals surface area contributed by atoms with Crippen molar-refractivity contribution >= 4 is 33.0 Å². The molecule has 0 spiro atoms. The Bertz CT molecular complexity index is 1070. The van der Waals surface area contributed by atoms with Gasteiger partial charge in [0, 0.05) is 16.6 Å². The van der Waals surface area contributed by atoms with Gasteiger partial charge in [0.25, 0.3) is 5.91 Å². The molecule has 0 saturated heterocycles. The van der Waals surface area contributed by atoms with Gasteiger partial charge in [0.1, 0.15) is 10.7 Å². The smallest absolute Gasteiger partial charge is 0.275 e. The van der Waals surface area contributed by atoms with E-state index in [0.717, 1.165) is 10.6 Å². The second-order valence-electron chi connectivity index (χ2n) is 6.50. The van der Waals surface area contributed by atoms with Gasteiger partial charge in [-0.05, 0) is 42.8 Å². The van der Waals surface area contributed by atoms with Gasteiger partial charge in [-0.3, -0.25) is 4.79 Å². The molecule has 0 atom stereocenters. The van der Waals surface area contributed by atoms with Crippen LogP contribution in [0.3, 0.4) is 0 Å². The first kappa shape index (κ1) is 20.2. The summed E-state index contributed by atoms with van der Waals surface area (Å²) < 4.78 is 25.7. The molecule has 1 aromatic heterocycles. The molecule has 0 unspecified atom stereocenters. The van der Waals surface area contributed by atoms with Crippen LogP contribution in [0.1, 0.15) is 35.8 Å². The van der Waals surface area contributed by atoms with Crippen LogP contribution >= 0.6 is 11.3 Å². The number of hydrogen-bond donors (Lipinski definition) is 2. The number of rotatable bonds is 6. The number of sulfonamides is 1. The Labute approximate surface area is 168 Å². The molecular weight excluding hydrogens is 394 g/mol. The Morgan fingerprint density at radius 2 is 1.68 bits per heavy atom. The van der Waals surface area contributed by atoms with Crippen LogP contribution in [0.4, 0.5) is 5.69 Å². The van der Waals surface area contributed by atoms with E-state index >= 15 is 0 Å². The van der Waals surface area contributed by atoms with Gasteiger partial charge in [-0.15, -0.1) is 11.3 Å². The van der Waals surface area contributed by atoms with Crippen LogP contribution in [0, 0.1) is 0 Å². The fourth-order valence-electron chi connectivity index (χ4n) is 2.55. The third kappa shape index (κ3) is 4.46. The topological polar surface area (TPSA) is 88.2 Å². The quantitative estimate of drug-likeness (QED) is 0.635. The number of nitrogens with one attached hydrogen (secondary N) is 2. The van der Waals surface area contributed by atoms with Crippen LogP contribution in [0.15, 0.2) is 58.8 Å². The Morgan fingerprint density at radius 1 is 1.04 bits per heavy atom. The largest absolute Gasteiger partial charge is 0.321 e. The first-order chi connectivity index (χ1) is 13.3. The van der Waals surface area contributed by atoms with Crippen molar-refractivity contribution in [2.45, 2.75) is 24.7 Å². The number of nitrogens with zero attached hydrogens (tertiary/aromatic N) is 1. The van der Waals surface area contributed by atoms with Gasteiger partial charge >= 0.3 is 0 Å². The van der Waals surface area contributed by atoms with E-state index in [2.05, 4.69) is 41.0 Å². The molecule has 0 radical (unpaired) electrons. The summed E-state index contributed by atoms with van der Waals surface area (Å²) in [6.45, 7) is 4.28. The number of hydrogen-bond acceptors (Lipinski definition) is 5. The van der Waals surface area contributed by atoms with E-state index in [1.807, 2.05) is 12.1 Å². The van der Waals surface area contributed by atoms with Gasteiger partial charge in [0.05, 0.1) is 4.90 Å². The van der Waals surface area contributed by atoms with E-state index in [1.54, 1.807) is 17.5 Å². The van der Waals surface area contributed by atoms with E-state index in [0.29, 0.717) is 17.3 Å². The predicted molar refractivity (Wildman–Crippen MR) is 112 cm³/mol. The normalized spacial score (nSPS) is 11.6. The van der Waals surface area contributed by atoms with Crippen molar-refractivity contribution in [3.05, 3.63) is 65.2 Å². The molecule has 2 N–H and O–H groups in total. The second-order valence-corrected chi connectivity index (χ2v) is 9.25. The van der Waals surface area contributed by atoms with Crippen molar-refractivity contribution in [1.82, 2.24) is 9.71 Å². The highest BCUT2D eigenvalue weighted by Gasteiger charge is 2.14. The zero-order valence-electron chi connectivity index (χ0n) is 15.8. The Hall–Kier alpha value is -2.55. The monoisotopic (exact) mass is 415 g/mol. The molecule has 0 bridgehead atoms. The molecule has 28 heavy (non-hydrogen) atoms. The van der Waals surface area contributed by atoms with E-state index < -0.39 is 10.0 Å². The summed E-state index contributed by atoms with van der Waals surface area (Å²) in [6, 6.07) is 14.1. The lowest BCUT2D eigenvalue weighted by Gasteiger charge is -2.06. The highest BCUT2D eigenvalue weighted by atomic mass is 32.2. The molecule has 3 aromatic rings. The minimum atomic E-state index is -3.50. The summed E-state index contributed by atoms with van der Waals surface area (Å²) in [5.41, 5.74) is 3.04. The molecule has 6 nitrogen and oxygen atoms in total. The van der Waals surface area contributed by atoms with Crippen molar-refractivity contribution in [3.63, 3.8) is 0 Å². The minimum Gasteiger partial charge on any atom is -0.321 e. The van der Waals surface area contributed by atoms with Crippen LogP contribution in [0.5, 0.6) is 0 Å². The third-order valence-corrected chi connectivity index (χ3v) is 6.57. The average Bonchev–Trinajstić information content (AvgIpc) is 3.19. The van der Waals surface area contributed by atoms with Gasteiger partial charge < -0.3 is 5.32 Å². The molecule has 1 heterocycles. The van der Waals surface area contributed by atoms with Crippen LogP contribution in [-0.4, -0.2) is 26.4 Å². The maximum absolute atomic E-state index is 12.4. The molecule has 0 aliphatic rings. The Balaban J connectivity index is 1.72. The van der Waals surface area contributed by atoms with Crippen molar-refractivity contribution in [2.24, 2.45) is 0 Å². The molecule has 0 fully saturated rings. The van der Waals surface area contributed by atoms with Crippen LogP contribution in [0.25, 0.3) is 10.6 Å². The van der Waals surface area contributed by atoms with Crippen molar-refractivity contribution < 1.29 is 13.2 Å². The molecule has 0 saturated carbocycles. The number of thiazole rings is 1. The summed E-state index contributed by atoms with van der Waals surface area (Å²) >= 11 is 1.41. The maximum atomic E-state index is 12.4. The highest BCUT2D eigenvalue weighted by Crippen LogP contribution is 2.26.